The molecule has 1 aromatic carbocycles. The Hall–Kier alpha value is -1.83. The number of anilines is 1. The van der Waals surface area contributed by atoms with Gasteiger partial charge >= 0.3 is 6.18 Å². The van der Waals surface area contributed by atoms with Crippen molar-refractivity contribution in [3.63, 3.8) is 0 Å². The Labute approximate surface area is 114 Å². The maximum Gasteiger partial charge on any atom is 0.416 e. The van der Waals surface area contributed by atoms with E-state index in [9.17, 15) is 13.2 Å². The third-order valence-electron chi connectivity index (χ3n) is 2.54. The molecule has 8 heteroatoms. The van der Waals surface area contributed by atoms with E-state index >= 15 is 0 Å². The average Bonchev–Trinajstić information content (AvgIpc) is 2.42. The van der Waals surface area contributed by atoms with Gasteiger partial charge in [0.05, 0.1) is 21.3 Å². The lowest BCUT2D eigenvalue weighted by Gasteiger charge is -2.18. The van der Waals surface area contributed by atoms with Gasteiger partial charge in [-0.1, -0.05) is 0 Å². The molecule has 0 bridgehead atoms. The van der Waals surface area contributed by atoms with Crippen LogP contribution >= 0.6 is 0 Å². The van der Waals surface area contributed by atoms with Crippen molar-refractivity contribution in [2.45, 2.75) is 12.3 Å². The van der Waals surface area contributed by atoms with Crippen molar-refractivity contribution in [3.8, 4) is 17.2 Å². The fraction of sp³-hybridized carbons (Fsp3) is 0.500. The van der Waals surface area contributed by atoms with Crippen molar-refractivity contribution in [2.75, 3.05) is 33.2 Å². The molecule has 20 heavy (non-hydrogen) atoms. The molecule has 1 rings (SSSR count). The van der Waals surface area contributed by atoms with E-state index in [1.807, 2.05) is 0 Å². The van der Waals surface area contributed by atoms with Crippen molar-refractivity contribution in [2.24, 2.45) is 0 Å². The van der Waals surface area contributed by atoms with Crippen molar-refractivity contribution >= 4 is 5.69 Å². The number of aliphatic hydroxyl groups is 1. The standard InChI is InChI=1S/C12H16F3NO4/c1-18-8-4-7(5-9(19-2)11(8)20-3)16-6-10(17)12(13,14)15/h4-5,10,16-17H,6H2,1-3H3. The first-order valence-electron chi connectivity index (χ1n) is 5.62. The highest BCUT2D eigenvalue weighted by Crippen LogP contribution is 2.40. The first kappa shape index (κ1) is 16.2. The summed E-state index contributed by atoms with van der Waals surface area (Å²) in [5, 5.41) is 11.4. The van der Waals surface area contributed by atoms with Crippen molar-refractivity contribution in [1.82, 2.24) is 0 Å². The minimum atomic E-state index is -4.67. The predicted molar refractivity (Wildman–Crippen MR) is 66.6 cm³/mol. The molecule has 0 amide bonds. The molecule has 0 spiro atoms. The van der Waals surface area contributed by atoms with E-state index in [-0.39, 0.29) is 0 Å². The van der Waals surface area contributed by atoms with Crippen LogP contribution in [0.25, 0.3) is 0 Å². The van der Waals surface area contributed by atoms with Crippen molar-refractivity contribution in [1.29, 1.82) is 0 Å². The number of methoxy groups -OCH3 is 3. The molecule has 114 valence electrons. The quantitative estimate of drug-likeness (QED) is 0.841. The molecule has 5 nitrogen and oxygen atoms in total. The zero-order chi connectivity index (χ0) is 15.3. The van der Waals surface area contributed by atoms with Gasteiger partial charge in [0.1, 0.15) is 0 Å². The lowest BCUT2D eigenvalue weighted by Crippen LogP contribution is -2.35. The SMILES string of the molecule is COc1cc(NCC(O)C(F)(F)F)cc(OC)c1OC. The van der Waals surface area contributed by atoms with Crippen LogP contribution in [-0.4, -0.2) is 45.3 Å². The molecule has 0 aliphatic carbocycles. The molecule has 2 N–H and O–H groups in total. The molecule has 0 aromatic heterocycles. The number of benzene rings is 1. The maximum atomic E-state index is 12.2. The lowest BCUT2D eigenvalue weighted by atomic mass is 10.2. The van der Waals surface area contributed by atoms with Gasteiger partial charge in [0.2, 0.25) is 5.75 Å². The fourth-order valence-electron chi connectivity index (χ4n) is 1.51. The van der Waals surface area contributed by atoms with Gasteiger partial charge in [0.15, 0.2) is 17.6 Å². The molecule has 0 radical (unpaired) electrons. The number of halogens is 3. The van der Waals surface area contributed by atoms with Crippen LogP contribution < -0.4 is 19.5 Å². The molecule has 0 saturated carbocycles. The van der Waals surface area contributed by atoms with Crippen LogP contribution in [-0.2, 0) is 0 Å². The molecule has 0 heterocycles. The summed E-state index contributed by atoms with van der Waals surface area (Å²) in [4.78, 5) is 0. The smallest absolute Gasteiger partial charge is 0.416 e. The Morgan fingerprint density at radius 3 is 1.95 bits per heavy atom. The Morgan fingerprint density at radius 2 is 1.60 bits per heavy atom. The highest BCUT2D eigenvalue weighted by Gasteiger charge is 2.37. The predicted octanol–water partition coefficient (Wildman–Crippen LogP) is 2.05. The fourth-order valence-corrected chi connectivity index (χ4v) is 1.51. The molecular formula is C12H16F3NO4. The van der Waals surface area contributed by atoms with Crippen molar-refractivity contribution in [3.05, 3.63) is 12.1 Å². The molecule has 1 aromatic rings. The van der Waals surface area contributed by atoms with E-state index in [1.54, 1.807) is 0 Å². The Bertz CT molecular complexity index is 426. The van der Waals surface area contributed by atoms with E-state index in [2.05, 4.69) is 5.32 Å². The highest BCUT2D eigenvalue weighted by atomic mass is 19.4. The number of hydrogen-bond acceptors (Lipinski definition) is 5. The summed E-state index contributed by atoms with van der Waals surface area (Å²) < 4.78 is 51.8. The number of hydrogen-bond donors (Lipinski definition) is 2. The van der Waals surface area contributed by atoms with E-state index < -0.39 is 18.8 Å². The number of rotatable bonds is 6. The van der Waals surface area contributed by atoms with Crippen LogP contribution in [0.3, 0.4) is 0 Å². The first-order valence-corrected chi connectivity index (χ1v) is 5.62. The van der Waals surface area contributed by atoms with Crippen LogP contribution in [0.4, 0.5) is 18.9 Å². The normalized spacial score (nSPS) is 12.8. The first-order chi connectivity index (χ1) is 9.33. The van der Waals surface area contributed by atoms with Crippen molar-refractivity contribution < 1.29 is 32.5 Å². The summed E-state index contributed by atoms with van der Waals surface area (Å²) in [6.07, 6.45) is -7.13. The Kier molecular flexibility index (Phi) is 5.32. The van der Waals surface area contributed by atoms with Gasteiger partial charge in [-0.15, -0.1) is 0 Å². The molecule has 1 unspecified atom stereocenters. The minimum absolute atomic E-state index is 0.302. The van der Waals surface area contributed by atoms with Crippen LogP contribution in [0.5, 0.6) is 17.2 Å². The summed E-state index contributed by atoms with van der Waals surface area (Å²) in [6.45, 7) is -0.678. The van der Waals surface area contributed by atoms with Gasteiger partial charge in [0, 0.05) is 24.4 Å². The molecule has 0 aliphatic rings. The van der Waals surface area contributed by atoms with Crippen LogP contribution in [0.1, 0.15) is 0 Å². The van der Waals surface area contributed by atoms with Gasteiger partial charge in [-0.2, -0.15) is 13.2 Å². The molecular weight excluding hydrogens is 279 g/mol. The molecule has 0 fully saturated rings. The van der Waals surface area contributed by atoms with Gasteiger partial charge in [0.25, 0.3) is 0 Å². The summed E-state index contributed by atoms with van der Waals surface area (Å²) >= 11 is 0. The van der Waals surface area contributed by atoms with Crippen LogP contribution in [0.15, 0.2) is 12.1 Å². The topological polar surface area (TPSA) is 60.0 Å². The van der Waals surface area contributed by atoms with Gasteiger partial charge < -0.3 is 24.6 Å². The largest absolute Gasteiger partial charge is 0.493 e. The van der Waals surface area contributed by atoms with E-state index in [0.29, 0.717) is 22.9 Å². The summed E-state index contributed by atoms with van der Waals surface area (Å²) in [5.41, 5.74) is 0.308. The van der Waals surface area contributed by atoms with Gasteiger partial charge in [-0.05, 0) is 0 Å². The second-order valence-electron chi connectivity index (χ2n) is 3.85. The number of aliphatic hydroxyl groups excluding tert-OH is 1. The zero-order valence-electron chi connectivity index (χ0n) is 11.2. The van der Waals surface area contributed by atoms with E-state index in [4.69, 9.17) is 19.3 Å². The second-order valence-corrected chi connectivity index (χ2v) is 3.85. The minimum Gasteiger partial charge on any atom is -0.493 e. The number of ether oxygens (including phenoxy) is 3. The summed E-state index contributed by atoms with van der Waals surface area (Å²) in [7, 11) is 4.21. The van der Waals surface area contributed by atoms with Crippen LogP contribution in [0.2, 0.25) is 0 Å². The van der Waals surface area contributed by atoms with Gasteiger partial charge in [-0.25, -0.2) is 0 Å². The highest BCUT2D eigenvalue weighted by molar-refractivity contribution is 5.62. The van der Waals surface area contributed by atoms with Crippen LogP contribution in [0, 0.1) is 0 Å². The summed E-state index contributed by atoms with van der Waals surface area (Å²) in [5.74, 6) is 0.934. The zero-order valence-corrected chi connectivity index (χ0v) is 11.2. The van der Waals surface area contributed by atoms with Gasteiger partial charge in [-0.3, -0.25) is 0 Å². The Balaban J connectivity index is 2.91. The molecule has 1 atom stereocenters. The lowest BCUT2D eigenvalue weighted by molar-refractivity contribution is -0.198. The van der Waals surface area contributed by atoms with E-state index in [1.165, 1.54) is 33.5 Å². The molecule has 0 aliphatic heterocycles. The number of nitrogens with one attached hydrogen (secondary N) is 1. The number of alkyl halides is 3. The second kappa shape index (κ2) is 6.56. The monoisotopic (exact) mass is 295 g/mol. The average molecular weight is 295 g/mol. The Morgan fingerprint density at radius 1 is 1.10 bits per heavy atom. The third-order valence-corrected chi connectivity index (χ3v) is 2.54. The summed E-state index contributed by atoms with van der Waals surface area (Å²) in [6, 6.07) is 2.90. The molecule has 0 saturated heterocycles. The van der Waals surface area contributed by atoms with E-state index in [0.717, 1.165) is 0 Å². The maximum absolute atomic E-state index is 12.2. The third kappa shape index (κ3) is 3.83.